The molecule has 0 saturated heterocycles. The van der Waals surface area contributed by atoms with Crippen LogP contribution in [0.4, 0.5) is 4.79 Å². The van der Waals surface area contributed by atoms with Gasteiger partial charge in [-0.05, 0) is 35.6 Å². The van der Waals surface area contributed by atoms with Gasteiger partial charge in [-0.2, -0.15) is 0 Å². The molecule has 7 heteroatoms. The summed E-state index contributed by atoms with van der Waals surface area (Å²) in [5, 5.41) is 14.4. The minimum absolute atomic E-state index is 0.184. The number of carbonyl (C=O) groups excluding carboxylic acids is 1. The highest BCUT2D eigenvalue weighted by Gasteiger charge is 2.12. The average molecular weight is 385 g/mol. The number of hydrogen-bond acceptors (Lipinski definition) is 4. The zero-order valence-electron chi connectivity index (χ0n) is 16.5. The van der Waals surface area contributed by atoms with E-state index >= 15 is 0 Å². The number of aromatic nitrogens is 1. The van der Waals surface area contributed by atoms with E-state index in [9.17, 15) is 9.59 Å². The molecule has 2 amide bonds. The molecule has 1 aromatic carbocycles. The quantitative estimate of drug-likeness (QED) is 0.645. The molecule has 2 aromatic rings. The van der Waals surface area contributed by atoms with Gasteiger partial charge < -0.3 is 20.5 Å². The number of carbonyl (C=O) groups is 2. The van der Waals surface area contributed by atoms with Crippen LogP contribution in [0.3, 0.4) is 0 Å². The topological polar surface area (TPSA) is 101 Å². The molecule has 0 aliphatic carbocycles. The van der Waals surface area contributed by atoms with Crippen molar-refractivity contribution in [3.63, 3.8) is 0 Å². The molecule has 2 rings (SSSR count). The number of rotatable bonds is 8. The summed E-state index contributed by atoms with van der Waals surface area (Å²) < 4.78 is 5.82. The summed E-state index contributed by atoms with van der Waals surface area (Å²) in [6, 6.07) is 7.86. The summed E-state index contributed by atoms with van der Waals surface area (Å²) >= 11 is 0. The fourth-order valence-electron chi connectivity index (χ4n) is 2.34. The molecule has 3 N–H and O–H groups in total. The third-order valence-corrected chi connectivity index (χ3v) is 4.07. The van der Waals surface area contributed by atoms with Crippen LogP contribution in [0.2, 0.25) is 0 Å². The van der Waals surface area contributed by atoms with Crippen LogP contribution in [0.15, 0.2) is 42.7 Å². The van der Waals surface area contributed by atoms with Gasteiger partial charge in [0, 0.05) is 24.8 Å². The van der Waals surface area contributed by atoms with Gasteiger partial charge in [-0.25, -0.2) is 9.59 Å². The van der Waals surface area contributed by atoms with Crippen molar-refractivity contribution in [1.82, 2.24) is 15.6 Å². The Labute approximate surface area is 165 Å². The Kier molecular flexibility index (Phi) is 7.37. The minimum atomic E-state index is -0.977. The van der Waals surface area contributed by atoms with Crippen molar-refractivity contribution < 1.29 is 19.4 Å². The number of carboxylic acids is 1. The Morgan fingerprint density at radius 1 is 1.07 bits per heavy atom. The Morgan fingerprint density at radius 2 is 1.75 bits per heavy atom. The van der Waals surface area contributed by atoms with Crippen LogP contribution in [-0.2, 0) is 13.1 Å². The lowest BCUT2D eigenvalue weighted by atomic mass is 9.93. The molecular weight excluding hydrogens is 358 g/mol. The van der Waals surface area contributed by atoms with E-state index in [1.54, 1.807) is 24.5 Å². The SMILES string of the molecule is CC(C)(C)CCOc1cnccc1CNC(=O)NCc1ccc(C(=O)O)cc1. The van der Waals surface area contributed by atoms with Gasteiger partial charge in [0.05, 0.1) is 18.4 Å². The van der Waals surface area contributed by atoms with Gasteiger partial charge in [0.15, 0.2) is 0 Å². The number of pyridine rings is 1. The van der Waals surface area contributed by atoms with Gasteiger partial charge in [0.2, 0.25) is 0 Å². The first-order valence-electron chi connectivity index (χ1n) is 9.14. The number of nitrogens with zero attached hydrogens (tertiary/aromatic N) is 1. The molecule has 0 spiro atoms. The van der Waals surface area contributed by atoms with Crippen LogP contribution in [0.1, 0.15) is 48.7 Å². The number of amides is 2. The van der Waals surface area contributed by atoms with Crippen LogP contribution in [-0.4, -0.2) is 28.7 Å². The molecule has 0 aliphatic heterocycles. The van der Waals surface area contributed by atoms with Crippen molar-refractivity contribution in [3.8, 4) is 5.75 Å². The molecule has 0 aliphatic rings. The van der Waals surface area contributed by atoms with Crippen LogP contribution in [0.25, 0.3) is 0 Å². The fourth-order valence-corrected chi connectivity index (χ4v) is 2.34. The van der Waals surface area contributed by atoms with Gasteiger partial charge in [0.25, 0.3) is 0 Å². The largest absolute Gasteiger partial charge is 0.492 e. The van der Waals surface area contributed by atoms with Gasteiger partial charge in [-0.15, -0.1) is 0 Å². The lowest BCUT2D eigenvalue weighted by Gasteiger charge is -2.19. The van der Waals surface area contributed by atoms with Crippen LogP contribution in [0, 0.1) is 5.41 Å². The molecule has 28 heavy (non-hydrogen) atoms. The summed E-state index contributed by atoms with van der Waals surface area (Å²) in [5.41, 5.74) is 2.06. The number of nitrogens with one attached hydrogen (secondary N) is 2. The van der Waals surface area contributed by atoms with E-state index in [-0.39, 0.29) is 17.0 Å². The summed E-state index contributed by atoms with van der Waals surface area (Å²) in [6.45, 7) is 7.67. The van der Waals surface area contributed by atoms with Crippen molar-refractivity contribution in [2.45, 2.75) is 40.3 Å². The molecule has 1 heterocycles. The maximum absolute atomic E-state index is 12.0. The van der Waals surface area contributed by atoms with Crippen molar-refractivity contribution in [2.24, 2.45) is 5.41 Å². The first kappa shape index (κ1) is 21.2. The van der Waals surface area contributed by atoms with Crippen molar-refractivity contribution in [1.29, 1.82) is 0 Å². The van der Waals surface area contributed by atoms with Crippen molar-refractivity contribution >= 4 is 12.0 Å². The maximum atomic E-state index is 12.0. The van der Waals surface area contributed by atoms with E-state index in [1.807, 2.05) is 6.07 Å². The molecule has 0 bridgehead atoms. The second kappa shape index (κ2) is 9.73. The Balaban J connectivity index is 1.81. The van der Waals surface area contributed by atoms with Crippen LogP contribution in [0.5, 0.6) is 5.75 Å². The van der Waals surface area contributed by atoms with Crippen LogP contribution >= 0.6 is 0 Å². The molecule has 150 valence electrons. The first-order chi connectivity index (χ1) is 13.2. The third kappa shape index (κ3) is 7.26. The number of carboxylic acid groups (broad SMARTS) is 1. The monoisotopic (exact) mass is 385 g/mol. The molecule has 0 fully saturated rings. The summed E-state index contributed by atoms with van der Waals surface area (Å²) in [7, 11) is 0. The van der Waals surface area contributed by atoms with Crippen LogP contribution < -0.4 is 15.4 Å². The van der Waals surface area contributed by atoms with Gasteiger partial charge in [-0.1, -0.05) is 32.9 Å². The second-order valence-electron chi connectivity index (χ2n) is 7.68. The highest BCUT2D eigenvalue weighted by Crippen LogP contribution is 2.21. The average Bonchev–Trinajstić information content (AvgIpc) is 2.65. The zero-order valence-corrected chi connectivity index (χ0v) is 16.5. The Hall–Kier alpha value is -3.09. The number of hydrogen-bond donors (Lipinski definition) is 3. The fraction of sp³-hybridized carbons (Fsp3) is 0.381. The minimum Gasteiger partial charge on any atom is -0.492 e. The lowest BCUT2D eigenvalue weighted by Crippen LogP contribution is -2.34. The Bertz CT molecular complexity index is 798. The van der Waals surface area contributed by atoms with E-state index in [0.717, 1.165) is 17.5 Å². The molecule has 1 aromatic heterocycles. The van der Waals surface area contributed by atoms with Gasteiger partial charge in [-0.3, -0.25) is 4.98 Å². The van der Waals surface area contributed by atoms with Gasteiger partial charge >= 0.3 is 12.0 Å². The van der Waals surface area contributed by atoms with E-state index in [2.05, 4.69) is 36.4 Å². The number of urea groups is 1. The number of ether oxygens (including phenoxy) is 1. The van der Waals surface area contributed by atoms with E-state index in [0.29, 0.717) is 25.4 Å². The smallest absolute Gasteiger partial charge is 0.335 e. The van der Waals surface area contributed by atoms with E-state index < -0.39 is 5.97 Å². The maximum Gasteiger partial charge on any atom is 0.335 e. The summed E-state index contributed by atoms with van der Waals surface area (Å²) in [4.78, 5) is 27.0. The van der Waals surface area contributed by atoms with E-state index in [4.69, 9.17) is 9.84 Å². The Morgan fingerprint density at radius 3 is 2.39 bits per heavy atom. The van der Waals surface area contributed by atoms with Crippen molar-refractivity contribution in [2.75, 3.05) is 6.61 Å². The normalized spacial score (nSPS) is 11.0. The highest BCUT2D eigenvalue weighted by molar-refractivity contribution is 5.87. The number of benzene rings is 1. The highest BCUT2D eigenvalue weighted by atomic mass is 16.5. The second-order valence-corrected chi connectivity index (χ2v) is 7.68. The predicted molar refractivity (Wildman–Crippen MR) is 106 cm³/mol. The molecule has 7 nitrogen and oxygen atoms in total. The molecule has 0 atom stereocenters. The predicted octanol–water partition coefficient (Wildman–Crippen LogP) is 3.59. The van der Waals surface area contributed by atoms with Crippen molar-refractivity contribution in [3.05, 3.63) is 59.4 Å². The molecular formula is C21H27N3O4. The summed E-state index contributed by atoms with van der Waals surface area (Å²) in [5.74, 6) is -0.313. The zero-order chi connectivity index (χ0) is 20.6. The third-order valence-electron chi connectivity index (χ3n) is 4.07. The lowest BCUT2D eigenvalue weighted by molar-refractivity contribution is 0.0697. The van der Waals surface area contributed by atoms with E-state index in [1.165, 1.54) is 12.1 Å². The first-order valence-corrected chi connectivity index (χ1v) is 9.14. The molecule has 0 saturated carbocycles. The molecule has 0 radical (unpaired) electrons. The van der Waals surface area contributed by atoms with Gasteiger partial charge in [0.1, 0.15) is 5.75 Å². The summed E-state index contributed by atoms with van der Waals surface area (Å²) in [6.07, 6.45) is 4.23. The number of aromatic carboxylic acids is 1. The molecule has 0 unspecified atom stereocenters. The standard InChI is InChI=1S/C21H27N3O4/c1-21(2,3)9-11-28-18-14-22-10-8-17(18)13-24-20(27)23-12-15-4-6-16(7-5-15)19(25)26/h4-8,10,14H,9,11-13H2,1-3H3,(H,25,26)(H2,23,24,27).